The van der Waals surface area contributed by atoms with Gasteiger partial charge in [0.25, 0.3) is 5.97 Å². The monoisotopic (exact) mass is 137 g/mol. The standard InChI is InChI=1S/C4H11NO4/c5-3(6)1-2-4(7,8)9/h3,6-9H,1-2,5H2. The second kappa shape index (κ2) is 3.09. The van der Waals surface area contributed by atoms with Gasteiger partial charge in [0.15, 0.2) is 0 Å². The maximum atomic E-state index is 8.36. The molecule has 5 nitrogen and oxygen atoms in total. The lowest BCUT2D eigenvalue weighted by Gasteiger charge is -2.13. The van der Waals surface area contributed by atoms with Gasteiger partial charge in [0.05, 0.1) is 0 Å². The zero-order valence-electron chi connectivity index (χ0n) is 4.86. The third kappa shape index (κ3) is 7.80. The molecule has 0 rings (SSSR count). The Labute approximate surface area is 52.4 Å². The molecular weight excluding hydrogens is 126 g/mol. The van der Waals surface area contributed by atoms with Crippen LogP contribution in [0.2, 0.25) is 0 Å². The van der Waals surface area contributed by atoms with Gasteiger partial charge in [-0.05, 0) is 6.42 Å². The van der Waals surface area contributed by atoms with Crippen LogP contribution in [-0.4, -0.2) is 32.6 Å². The van der Waals surface area contributed by atoms with E-state index in [1.807, 2.05) is 0 Å². The molecule has 0 amide bonds. The van der Waals surface area contributed by atoms with Gasteiger partial charge in [-0.15, -0.1) is 0 Å². The van der Waals surface area contributed by atoms with Gasteiger partial charge in [-0.3, -0.25) is 0 Å². The second-order valence-corrected chi connectivity index (χ2v) is 1.88. The third-order valence-corrected chi connectivity index (χ3v) is 0.776. The van der Waals surface area contributed by atoms with Gasteiger partial charge in [0, 0.05) is 6.42 Å². The minimum Gasteiger partial charge on any atom is -0.379 e. The van der Waals surface area contributed by atoms with E-state index >= 15 is 0 Å². The summed E-state index contributed by atoms with van der Waals surface area (Å²) in [7, 11) is 0. The molecule has 0 fully saturated rings. The van der Waals surface area contributed by atoms with Crippen LogP contribution in [0.3, 0.4) is 0 Å². The van der Waals surface area contributed by atoms with Crippen molar-refractivity contribution in [2.75, 3.05) is 0 Å². The van der Waals surface area contributed by atoms with E-state index in [-0.39, 0.29) is 12.8 Å². The number of aliphatic hydroxyl groups excluding tert-OH is 1. The van der Waals surface area contributed by atoms with E-state index in [2.05, 4.69) is 0 Å². The highest BCUT2D eigenvalue weighted by Gasteiger charge is 2.18. The Hall–Kier alpha value is -0.200. The van der Waals surface area contributed by atoms with Crippen molar-refractivity contribution in [3.05, 3.63) is 0 Å². The number of nitrogens with two attached hydrogens (primary N) is 1. The van der Waals surface area contributed by atoms with Crippen LogP contribution in [0.15, 0.2) is 0 Å². The van der Waals surface area contributed by atoms with Crippen molar-refractivity contribution in [2.45, 2.75) is 25.0 Å². The summed E-state index contributed by atoms with van der Waals surface area (Å²) in [6, 6.07) is 0. The van der Waals surface area contributed by atoms with Crippen LogP contribution >= 0.6 is 0 Å². The summed E-state index contributed by atoms with van der Waals surface area (Å²) in [4.78, 5) is 0. The van der Waals surface area contributed by atoms with Crippen LogP contribution in [0.25, 0.3) is 0 Å². The van der Waals surface area contributed by atoms with Gasteiger partial charge in [-0.1, -0.05) is 0 Å². The van der Waals surface area contributed by atoms with Crippen LogP contribution in [0, 0.1) is 0 Å². The fourth-order valence-corrected chi connectivity index (χ4v) is 0.342. The zero-order chi connectivity index (χ0) is 7.49. The molecule has 0 aliphatic rings. The number of aliphatic hydroxyl groups is 4. The molecule has 56 valence electrons. The van der Waals surface area contributed by atoms with Crippen molar-refractivity contribution in [1.82, 2.24) is 0 Å². The molecule has 0 aromatic rings. The molecule has 0 aromatic heterocycles. The summed E-state index contributed by atoms with van der Waals surface area (Å²) in [6.07, 6.45) is -1.52. The van der Waals surface area contributed by atoms with Crippen LogP contribution in [0.1, 0.15) is 12.8 Å². The van der Waals surface area contributed by atoms with Crippen molar-refractivity contribution >= 4 is 0 Å². The summed E-state index contributed by atoms with van der Waals surface area (Å²) >= 11 is 0. The molecule has 0 aliphatic carbocycles. The molecule has 1 unspecified atom stereocenters. The average molecular weight is 137 g/mol. The first-order valence-corrected chi connectivity index (χ1v) is 2.52. The van der Waals surface area contributed by atoms with Crippen LogP contribution < -0.4 is 5.73 Å². The van der Waals surface area contributed by atoms with Crippen LogP contribution in [-0.2, 0) is 0 Å². The van der Waals surface area contributed by atoms with E-state index in [1.54, 1.807) is 0 Å². The molecule has 1 atom stereocenters. The molecule has 0 spiro atoms. The Bertz CT molecular complexity index is 77.1. The summed E-state index contributed by atoms with van der Waals surface area (Å²) < 4.78 is 0. The maximum Gasteiger partial charge on any atom is 0.275 e. The Balaban J connectivity index is 3.28. The topological polar surface area (TPSA) is 107 Å². The fraction of sp³-hybridized carbons (Fsp3) is 1.00. The van der Waals surface area contributed by atoms with Crippen molar-refractivity contribution in [2.24, 2.45) is 5.73 Å². The molecule has 0 saturated carbocycles. The minimum absolute atomic E-state index is 0.0521. The van der Waals surface area contributed by atoms with Gasteiger partial charge >= 0.3 is 0 Å². The molecule has 6 N–H and O–H groups in total. The van der Waals surface area contributed by atoms with E-state index in [9.17, 15) is 0 Å². The second-order valence-electron chi connectivity index (χ2n) is 1.88. The predicted molar refractivity (Wildman–Crippen MR) is 28.8 cm³/mol. The predicted octanol–water partition coefficient (Wildman–Crippen LogP) is -2.33. The van der Waals surface area contributed by atoms with Crippen LogP contribution in [0.5, 0.6) is 0 Å². The van der Waals surface area contributed by atoms with Crippen LogP contribution in [0.4, 0.5) is 0 Å². The summed E-state index contributed by atoms with van der Waals surface area (Å²) in [5.74, 6) is -2.71. The van der Waals surface area contributed by atoms with E-state index in [0.29, 0.717) is 0 Å². The molecule has 0 saturated heterocycles. The third-order valence-electron chi connectivity index (χ3n) is 0.776. The number of rotatable bonds is 3. The largest absolute Gasteiger partial charge is 0.379 e. The number of hydrogen-bond donors (Lipinski definition) is 5. The molecule has 0 heterocycles. The molecule has 0 bridgehead atoms. The fourth-order valence-electron chi connectivity index (χ4n) is 0.342. The van der Waals surface area contributed by atoms with Crippen molar-refractivity contribution in [3.8, 4) is 0 Å². The molecule has 9 heavy (non-hydrogen) atoms. The smallest absolute Gasteiger partial charge is 0.275 e. The lowest BCUT2D eigenvalue weighted by molar-refractivity contribution is -0.316. The normalized spacial score (nSPS) is 15.7. The average Bonchev–Trinajstić information content (AvgIpc) is 1.59. The van der Waals surface area contributed by atoms with Crippen molar-refractivity contribution in [1.29, 1.82) is 0 Å². The Kier molecular flexibility index (Phi) is 3.02. The van der Waals surface area contributed by atoms with Gasteiger partial charge in [-0.2, -0.15) is 0 Å². The van der Waals surface area contributed by atoms with Gasteiger partial charge in [-0.25, -0.2) is 0 Å². The Morgan fingerprint density at radius 1 is 1.33 bits per heavy atom. The van der Waals surface area contributed by atoms with E-state index in [0.717, 1.165) is 0 Å². The summed E-state index contributed by atoms with van der Waals surface area (Å²) in [5.41, 5.74) is 4.82. The highest BCUT2D eigenvalue weighted by Crippen LogP contribution is 2.04. The number of hydrogen-bond acceptors (Lipinski definition) is 5. The van der Waals surface area contributed by atoms with E-state index < -0.39 is 12.2 Å². The SMILES string of the molecule is NC(O)CCC(O)(O)O. The minimum atomic E-state index is -2.71. The first-order valence-electron chi connectivity index (χ1n) is 2.52. The zero-order valence-corrected chi connectivity index (χ0v) is 4.86. The van der Waals surface area contributed by atoms with E-state index in [4.69, 9.17) is 26.2 Å². The van der Waals surface area contributed by atoms with Gasteiger partial charge in [0.2, 0.25) is 0 Å². The Morgan fingerprint density at radius 2 is 1.78 bits per heavy atom. The highest BCUT2D eigenvalue weighted by molar-refractivity contribution is 4.51. The Morgan fingerprint density at radius 3 is 1.89 bits per heavy atom. The molecule has 0 aliphatic heterocycles. The molecule has 0 aromatic carbocycles. The molecular formula is C4H11NO4. The first kappa shape index (κ1) is 8.80. The summed E-state index contributed by atoms with van der Waals surface area (Å²) in [6.45, 7) is 0. The maximum absolute atomic E-state index is 8.36. The van der Waals surface area contributed by atoms with Gasteiger partial charge < -0.3 is 26.2 Å². The summed E-state index contributed by atoms with van der Waals surface area (Å²) in [5, 5.41) is 33.0. The van der Waals surface area contributed by atoms with Crippen molar-refractivity contribution < 1.29 is 20.4 Å². The van der Waals surface area contributed by atoms with Crippen molar-refractivity contribution in [3.63, 3.8) is 0 Å². The lowest BCUT2D eigenvalue weighted by Crippen LogP contribution is -2.30. The van der Waals surface area contributed by atoms with Gasteiger partial charge in [0.1, 0.15) is 6.23 Å². The molecule has 5 heteroatoms. The van der Waals surface area contributed by atoms with E-state index in [1.165, 1.54) is 0 Å². The lowest BCUT2D eigenvalue weighted by atomic mass is 10.2. The first-order chi connectivity index (χ1) is 3.92. The molecule has 0 radical (unpaired) electrons. The quantitative estimate of drug-likeness (QED) is 0.280. The highest BCUT2D eigenvalue weighted by atomic mass is 16.7.